The monoisotopic (exact) mass is 312 g/mol. The maximum absolute atomic E-state index is 3.21. The van der Waals surface area contributed by atoms with Gasteiger partial charge in [0.2, 0.25) is 0 Å². The molecule has 3 radical (unpaired) electrons. The molecule has 7 heavy (non-hydrogen) atoms. The molecule has 0 aromatic carbocycles. The van der Waals surface area contributed by atoms with Gasteiger partial charge in [-0.15, -0.1) is 0 Å². The molecule has 1 nitrogen and oxygen atoms in total. The summed E-state index contributed by atoms with van der Waals surface area (Å²) in [4.78, 5) is 3.21. The van der Waals surface area contributed by atoms with Crippen molar-refractivity contribution in [1.29, 1.82) is 0 Å². The van der Waals surface area contributed by atoms with E-state index in [1.807, 2.05) is 0 Å². The molecule has 0 saturated carbocycles. The fraction of sp³-hybridized carbons (Fsp3) is 1.00. The largest absolute Gasteiger partial charge is 0.345 e. The Balaban J connectivity index is 0. The van der Waals surface area contributed by atoms with Crippen LogP contribution in [0.5, 0.6) is 0 Å². The summed E-state index contributed by atoms with van der Waals surface area (Å²) in [7, 11) is 1.15. The third-order valence-corrected chi connectivity index (χ3v) is 1.28. The second-order valence-electron chi connectivity index (χ2n) is 1.46. The third kappa shape index (κ3) is 11.0. The molecule has 0 atom stereocenters. The quantitative estimate of drug-likeness (QED) is 0.536. The molecular weight excluding hydrogens is 299 g/mol. The minimum Gasteiger partial charge on any atom is -0.345 e. The fourth-order valence-electron chi connectivity index (χ4n) is 0.354. The Labute approximate surface area is 67.9 Å². The Kier molecular flexibility index (Phi) is 15.8. The van der Waals surface area contributed by atoms with Gasteiger partial charge in [0.15, 0.2) is 0 Å². The van der Waals surface area contributed by atoms with Crippen molar-refractivity contribution in [2.45, 2.75) is 19.8 Å². The van der Waals surface area contributed by atoms with Crippen LogP contribution in [0.15, 0.2) is 0 Å². The minimum absolute atomic E-state index is 0. The normalized spacial score (nSPS) is 8.14. The van der Waals surface area contributed by atoms with Crippen molar-refractivity contribution in [3.8, 4) is 0 Å². The molecule has 0 aromatic rings. The average molecular weight is 312 g/mol. The molecule has 0 spiro atoms. The molecule has 0 amide bonds. The van der Waals surface area contributed by atoms with Crippen LogP contribution in [0.3, 0.4) is 0 Å². The summed E-state index contributed by atoms with van der Waals surface area (Å²) in [6.07, 6.45) is 2.65. The van der Waals surface area contributed by atoms with Gasteiger partial charge in [0.1, 0.15) is 0 Å². The summed E-state index contributed by atoms with van der Waals surface area (Å²) in [6, 6.07) is 0. The van der Waals surface area contributed by atoms with Gasteiger partial charge < -0.3 is 4.98 Å². The number of rotatable bonds is 3. The van der Waals surface area contributed by atoms with Crippen molar-refractivity contribution >= 4 is 36.6 Å². The summed E-state index contributed by atoms with van der Waals surface area (Å²) in [6.45, 7) is 3.43. The summed E-state index contributed by atoms with van der Waals surface area (Å²) >= 11 is 0. The number of unbranched alkanes of at least 4 members (excludes halogenated alkanes) is 1. The van der Waals surface area contributed by atoms with E-state index in [2.05, 4.69) is 11.9 Å². The van der Waals surface area contributed by atoms with Crippen LogP contribution in [0.2, 0.25) is 0 Å². The van der Waals surface area contributed by atoms with Crippen molar-refractivity contribution < 1.29 is 0 Å². The maximum atomic E-state index is 3.21. The van der Waals surface area contributed by atoms with E-state index < -0.39 is 0 Å². The second kappa shape index (κ2) is 10.1. The van der Waals surface area contributed by atoms with Crippen LogP contribution >= 0.6 is 0 Å². The first-order valence-corrected chi connectivity index (χ1v) is 3.56. The van der Waals surface area contributed by atoms with E-state index in [1.54, 1.807) is 0 Å². The SMILES string of the molecule is CCCCN[SiH3].[Bi]. The van der Waals surface area contributed by atoms with Crippen LogP contribution in [-0.4, -0.2) is 43.2 Å². The average Bonchev–Trinajstić information content (AvgIpc) is 1.61. The molecule has 1 N–H and O–H groups in total. The van der Waals surface area contributed by atoms with E-state index in [4.69, 9.17) is 0 Å². The van der Waals surface area contributed by atoms with Crippen LogP contribution in [0.25, 0.3) is 0 Å². The van der Waals surface area contributed by atoms with Crippen molar-refractivity contribution in [2.75, 3.05) is 6.54 Å². The second-order valence-corrected chi connectivity index (χ2v) is 2.16. The Morgan fingerprint density at radius 1 is 1.57 bits per heavy atom. The van der Waals surface area contributed by atoms with Crippen LogP contribution in [0, 0.1) is 0 Å². The van der Waals surface area contributed by atoms with E-state index in [9.17, 15) is 0 Å². The molecule has 0 aliphatic heterocycles. The molecule has 0 saturated heterocycles. The Bertz CT molecular complexity index is 23.7. The molecule has 0 aromatic heterocycles. The Morgan fingerprint density at radius 2 is 2.14 bits per heavy atom. The summed E-state index contributed by atoms with van der Waals surface area (Å²) < 4.78 is 0. The standard InChI is InChI=1S/C4H13NSi.Bi/c1-2-3-4-5-6;/h5H,2-4H2,1,6H3;. The van der Waals surface area contributed by atoms with Crippen LogP contribution in [0.1, 0.15) is 19.8 Å². The van der Waals surface area contributed by atoms with Gasteiger partial charge in [-0.3, -0.25) is 0 Å². The number of hydrogen-bond acceptors (Lipinski definition) is 1. The number of hydrogen-bond donors (Lipinski definition) is 1. The first-order valence-electron chi connectivity index (χ1n) is 2.56. The molecule has 0 heterocycles. The molecule has 3 heteroatoms. The maximum Gasteiger partial charge on any atom is 0.0749 e. The van der Waals surface area contributed by atoms with Gasteiger partial charge >= 0.3 is 0 Å². The zero-order chi connectivity index (χ0) is 4.83. The van der Waals surface area contributed by atoms with E-state index in [1.165, 1.54) is 19.4 Å². The van der Waals surface area contributed by atoms with Crippen LogP contribution in [0.4, 0.5) is 0 Å². The van der Waals surface area contributed by atoms with Gasteiger partial charge in [-0.2, -0.15) is 0 Å². The van der Waals surface area contributed by atoms with Gasteiger partial charge in [-0.25, -0.2) is 0 Å². The zero-order valence-corrected chi connectivity index (χ0v) is 10.5. The first kappa shape index (κ1) is 10.9. The Hall–Kier alpha value is 1.06. The van der Waals surface area contributed by atoms with E-state index in [0.29, 0.717) is 0 Å². The van der Waals surface area contributed by atoms with E-state index in [-0.39, 0.29) is 26.2 Å². The van der Waals surface area contributed by atoms with Gasteiger partial charge in [0.25, 0.3) is 0 Å². The summed E-state index contributed by atoms with van der Waals surface area (Å²) in [5.74, 6) is 0. The van der Waals surface area contributed by atoms with Gasteiger partial charge in [0, 0.05) is 26.2 Å². The van der Waals surface area contributed by atoms with Gasteiger partial charge in [0.05, 0.1) is 10.4 Å². The molecule has 0 rings (SSSR count). The predicted molar refractivity (Wildman–Crippen MR) is 38.6 cm³/mol. The van der Waals surface area contributed by atoms with Crippen LogP contribution < -0.4 is 4.98 Å². The first-order chi connectivity index (χ1) is 2.91. The summed E-state index contributed by atoms with van der Waals surface area (Å²) in [5.41, 5.74) is 0. The molecule has 0 fully saturated rings. The number of nitrogens with one attached hydrogen (secondary N) is 1. The predicted octanol–water partition coefficient (Wildman–Crippen LogP) is -0.724. The zero-order valence-electron chi connectivity index (χ0n) is 5.07. The fourth-order valence-corrected chi connectivity index (χ4v) is 0.707. The molecule has 0 bridgehead atoms. The topological polar surface area (TPSA) is 12.0 Å². The minimum atomic E-state index is 0. The van der Waals surface area contributed by atoms with Gasteiger partial charge in [-0.1, -0.05) is 13.3 Å². The van der Waals surface area contributed by atoms with Crippen molar-refractivity contribution in [3.05, 3.63) is 0 Å². The van der Waals surface area contributed by atoms with Crippen LogP contribution in [-0.2, 0) is 0 Å². The third-order valence-electron chi connectivity index (χ3n) is 0.780. The Morgan fingerprint density at radius 3 is 2.29 bits per heavy atom. The van der Waals surface area contributed by atoms with E-state index in [0.717, 1.165) is 10.4 Å². The van der Waals surface area contributed by atoms with Crippen molar-refractivity contribution in [2.24, 2.45) is 0 Å². The van der Waals surface area contributed by atoms with Gasteiger partial charge in [-0.05, 0) is 13.0 Å². The molecule has 43 valence electrons. The molecule has 0 aliphatic carbocycles. The smallest absolute Gasteiger partial charge is 0.0749 e. The summed E-state index contributed by atoms with van der Waals surface area (Å²) in [5, 5.41) is 0. The van der Waals surface area contributed by atoms with Crippen molar-refractivity contribution in [1.82, 2.24) is 4.98 Å². The van der Waals surface area contributed by atoms with E-state index >= 15 is 0 Å². The molecule has 0 aliphatic rings. The van der Waals surface area contributed by atoms with Crippen molar-refractivity contribution in [3.63, 3.8) is 0 Å². The molecular formula is C4H13BiNSi. The molecule has 0 unspecified atom stereocenters.